The van der Waals surface area contributed by atoms with E-state index in [0.717, 1.165) is 14.9 Å². The minimum Gasteiger partial charge on any atom is -0.383 e. The molecule has 1 aliphatic carbocycles. The molecule has 1 heterocycles. The van der Waals surface area contributed by atoms with Gasteiger partial charge in [-0.3, -0.25) is 0 Å². The van der Waals surface area contributed by atoms with E-state index in [0.29, 0.717) is 0 Å². The topological polar surface area (TPSA) is 20.2 Å². The van der Waals surface area contributed by atoms with E-state index < -0.39 is 6.10 Å². The van der Waals surface area contributed by atoms with Gasteiger partial charge in [0.05, 0.1) is 0 Å². The zero-order chi connectivity index (χ0) is 13.2. The van der Waals surface area contributed by atoms with Crippen molar-refractivity contribution in [3.8, 4) is 0 Å². The summed E-state index contributed by atoms with van der Waals surface area (Å²) in [5, 5.41) is 10.5. The number of fused-ring (bicyclic) bond motifs is 1. The van der Waals surface area contributed by atoms with Gasteiger partial charge in [-0.2, -0.15) is 0 Å². The molecular weight excluding hydrogens is 320 g/mol. The first-order valence-electron chi connectivity index (χ1n) is 6.79. The maximum Gasteiger partial charge on any atom is 0.113 e. The molecule has 1 nitrogen and oxygen atoms in total. The molecule has 3 rings (SSSR count). The Morgan fingerprint density at radius 3 is 2.58 bits per heavy atom. The fraction of sp³-hybridized carbons (Fsp3) is 0.375. The van der Waals surface area contributed by atoms with Crippen molar-refractivity contribution < 1.29 is 5.11 Å². The number of aliphatic hydroxyl groups is 1. The van der Waals surface area contributed by atoms with Crippen LogP contribution >= 0.6 is 27.3 Å². The van der Waals surface area contributed by atoms with Gasteiger partial charge in [0, 0.05) is 14.2 Å². The minimum atomic E-state index is -0.481. The molecule has 0 radical (unpaired) electrons. The summed E-state index contributed by atoms with van der Waals surface area (Å²) >= 11 is 5.22. The first kappa shape index (κ1) is 13.3. The number of benzene rings is 1. The van der Waals surface area contributed by atoms with Gasteiger partial charge in [-0.05, 0) is 55.0 Å². The Morgan fingerprint density at radius 1 is 1.05 bits per heavy atom. The van der Waals surface area contributed by atoms with Gasteiger partial charge in [0.25, 0.3) is 0 Å². The van der Waals surface area contributed by atoms with Gasteiger partial charge in [0.15, 0.2) is 0 Å². The highest BCUT2D eigenvalue weighted by Crippen LogP contribution is 2.34. The summed E-state index contributed by atoms with van der Waals surface area (Å²) < 4.78 is 1.05. The van der Waals surface area contributed by atoms with Crippen LogP contribution in [0.1, 0.15) is 46.2 Å². The number of hydrogen-bond acceptors (Lipinski definition) is 2. The van der Waals surface area contributed by atoms with Crippen molar-refractivity contribution in [2.75, 3.05) is 0 Å². The van der Waals surface area contributed by atoms with Crippen LogP contribution in [0.25, 0.3) is 0 Å². The number of halogens is 1. The molecule has 2 aromatic rings. The molecule has 1 aromatic heterocycles. The Labute approximate surface area is 126 Å². The lowest BCUT2D eigenvalue weighted by Gasteiger charge is -2.08. The maximum atomic E-state index is 10.5. The van der Waals surface area contributed by atoms with E-state index in [1.54, 1.807) is 11.3 Å². The number of aryl methyl sites for hydroxylation is 2. The monoisotopic (exact) mass is 336 g/mol. The molecule has 1 N–H and O–H groups in total. The Morgan fingerprint density at radius 2 is 1.79 bits per heavy atom. The van der Waals surface area contributed by atoms with E-state index in [-0.39, 0.29) is 0 Å². The molecule has 1 unspecified atom stereocenters. The van der Waals surface area contributed by atoms with Crippen molar-refractivity contribution in [2.45, 2.75) is 38.2 Å². The van der Waals surface area contributed by atoms with Gasteiger partial charge < -0.3 is 5.11 Å². The highest BCUT2D eigenvalue weighted by molar-refractivity contribution is 9.10. The summed E-state index contributed by atoms with van der Waals surface area (Å²) in [6.07, 6.45) is 5.81. The number of hydrogen-bond donors (Lipinski definition) is 1. The lowest BCUT2D eigenvalue weighted by molar-refractivity contribution is 0.224. The van der Waals surface area contributed by atoms with Crippen LogP contribution in [0, 0.1) is 0 Å². The second-order valence-corrected chi connectivity index (χ2v) is 7.20. The van der Waals surface area contributed by atoms with Gasteiger partial charge in [0.1, 0.15) is 6.10 Å². The quantitative estimate of drug-likeness (QED) is 0.776. The van der Waals surface area contributed by atoms with E-state index in [9.17, 15) is 5.11 Å². The summed E-state index contributed by atoms with van der Waals surface area (Å²) in [6.45, 7) is 0. The van der Waals surface area contributed by atoms with Gasteiger partial charge in [-0.15, -0.1) is 11.3 Å². The zero-order valence-electron chi connectivity index (χ0n) is 10.7. The van der Waals surface area contributed by atoms with E-state index in [4.69, 9.17) is 0 Å². The van der Waals surface area contributed by atoms with Crippen LogP contribution in [0.4, 0.5) is 0 Å². The van der Waals surface area contributed by atoms with Crippen LogP contribution in [0.3, 0.4) is 0 Å². The molecule has 0 saturated heterocycles. The second-order valence-electron chi connectivity index (χ2n) is 5.11. The van der Waals surface area contributed by atoms with E-state index in [2.05, 4.69) is 22.0 Å². The van der Waals surface area contributed by atoms with Gasteiger partial charge >= 0.3 is 0 Å². The predicted molar refractivity (Wildman–Crippen MR) is 83.8 cm³/mol. The Bertz CT molecular complexity index is 535. The third kappa shape index (κ3) is 2.93. The normalized spacial score (nSPS) is 16.7. The summed E-state index contributed by atoms with van der Waals surface area (Å²) in [5.41, 5.74) is 2.44. The molecular formula is C16H17BrOS. The lowest BCUT2D eigenvalue weighted by Crippen LogP contribution is -1.96. The molecule has 19 heavy (non-hydrogen) atoms. The lowest BCUT2D eigenvalue weighted by atomic mass is 10.1. The molecule has 0 aliphatic heterocycles. The fourth-order valence-corrected chi connectivity index (χ4v) is 4.17. The first-order valence-corrected chi connectivity index (χ1v) is 8.40. The molecule has 0 saturated carbocycles. The van der Waals surface area contributed by atoms with Gasteiger partial charge in [0.2, 0.25) is 0 Å². The summed E-state index contributed by atoms with van der Waals surface area (Å²) in [6, 6.07) is 10.2. The van der Waals surface area contributed by atoms with E-state index in [1.165, 1.54) is 42.5 Å². The van der Waals surface area contributed by atoms with Gasteiger partial charge in [-0.1, -0.05) is 34.5 Å². The predicted octanol–water partition coefficient (Wildman–Crippen LogP) is 4.86. The maximum absolute atomic E-state index is 10.5. The number of aliphatic hydroxyl groups excluding tert-OH is 1. The van der Waals surface area contributed by atoms with E-state index in [1.807, 2.05) is 24.3 Å². The summed E-state index contributed by atoms with van der Waals surface area (Å²) in [4.78, 5) is 2.58. The highest BCUT2D eigenvalue weighted by Gasteiger charge is 2.18. The molecule has 1 atom stereocenters. The van der Waals surface area contributed by atoms with Crippen LogP contribution in [0.2, 0.25) is 0 Å². The largest absolute Gasteiger partial charge is 0.383 e. The van der Waals surface area contributed by atoms with Crippen molar-refractivity contribution in [3.05, 3.63) is 55.7 Å². The number of rotatable bonds is 2. The van der Waals surface area contributed by atoms with Crippen LogP contribution in [0.5, 0.6) is 0 Å². The van der Waals surface area contributed by atoms with Crippen molar-refractivity contribution >= 4 is 27.3 Å². The Hall–Kier alpha value is -0.640. The van der Waals surface area contributed by atoms with Crippen molar-refractivity contribution in [1.29, 1.82) is 0 Å². The smallest absolute Gasteiger partial charge is 0.113 e. The van der Waals surface area contributed by atoms with Crippen LogP contribution in [-0.2, 0) is 12.8 Å². The fourth-order valence-electron chi connectivity index (χ4n) is 2.63. The average molecular weight is 337 g/mol. The molecule has 0 spiro atoms. The Balaban J connectivity index is 1.87. The highest BCUT2D eigenvalue weighted by atomic mass is 79.9. The average Bonchev–Trinajstić information content (AvgIpc) is 2.70. The summed E-state index contributed by atoms with van der Waals surface area (Å²) in [5.74, 6) is 0. The van der Waals surface area contributed by atoms with Crippen LogP contribution < -0.4 is 0 Å². The molecule has 0 bridgehead atoms. The summed E-state index contributed by atoms with van der Waals surface area (Å²) in [7, 11) is 0. The Kier molecular flexibility index (Phi) is 4.06. The molecule has 1 aliphatic rings. The van der Waals surface area contributed by atoms with Crippen molar-refractivity contribution in [1.82, 2.24) is 0 Å². The van der Waals surface area contributed by atoms with E-state index >= 15 is 0 Å². The van der Waals surface area contributed by atoms with Crippen LogP contribution in [0.15, 0.2) is 34.8 Å². The third-order valence-electron chi connectivity index (χ3n) is 3.72. The third-order valence-corrected chi connectivity index (χ3v) is 5.54. The van der Waals surface area contributed by atoms with Crippen LogP contribution in [-0.4, -0.2) is 5.11 Å². The SMILES string of the molecule is OC(c1ccc(Br)cc1)c1cc2c(s1)CCCCC2. The number of thiophene rings is 1. The first-order chi connectivity index (χ1) is 9.24. The van der Waals surface area contributed by atoms with Crippen molar-refractivity contribution in [3.63, 3.8) is 0 Å². The standard InChI is InChI=1S/C16H17BrOS/c17-13-8-6-11(7-9-13)16(18)15-10-12-4-2-1-3-5-14(12)19-15/h6-10,16,18H,1-5H2. The molecule has 100 valence electrons. The van der Waals surface area contributed by atoms with Crippen molar-refractivity contribution in [2.24, 2.45) is 0 Å². The second kappa shape index (κ2) is 5.78. The molecule has 1 aromatic carbocycles. The zero-order valence-corrected chi connectivity index (χ0v) is 13.1. The molecule has 0 fully saturated rings. The minimum absolute atomic E-state index is 0.481. The van der Waals surface area contributed by atoms with Gasteiger partial charge in [-0.25, -0.2) is 0 Å². The molecule has 3 heteroatoms. The molecule has 0 amide bonds.